The zero-order valence-corrected chi connectivity index (χ0v) is 9.49. The van der Waals surface area contributed by atoms with Crippen molar-refractivity contribution >= 4 is 26.5 Å². The van der Waals surface area contributed by atoms with Crippen LogP contribution < -0.4 is 10.5 Å². The Morgan fingerprint density at radius 1 is 1.44 bits per heavy atom. The fraction of sp³-hybridized carbons (Fsp3) is 0.200. The van der Waals surface area contributed by atoms with E-state index in [2.05, 4.69) is 10.2 Å². The van der Waals surface area contributed by atoms with E-state index in [0.717, 1.165) is 26.8 Å². The molecule has 0 aliphatic heterocycles. The molecule has 0 aliphatic rings. The lowest BCUT2D eigenvalue weighted by Crippen LogP contribution is -2.01. The highest BCUT2D eigenvalue weighted by Crippen LogP contribution is 2.29. The number of thiazole rings is 1. The number of methoxy groups -OCH3 is 1. The van der Waals surface area contributed by atoms with Crippen molar-refractivity contribution in [2.24, 2.45) is 5.73 Å². The fourth-order valence-corrected chi connectivity index (χ4v) is 2.74. The molecule has 1 aromatic carbocycles. The van der Waals surface area contributed by atoms with Crippen molar-refractivity contribution in [2.45, 2.75) is 6.54 Å². The number of hydrogen-bond acceptors (Lipinski definition) is 5. The normalized spacial score (nSPS) is 11.4. The minimum absolute atomic E-state index is 0.388. The Balaban J connectivity index is 2.38. The number of benzene rings is 1. The maximum Gasteiger partial charge on any atom is 0.217 e. The fourth-order valence-electron chi connectivity index (χ4n) is 1.73. The van der Waals surface area contributed by atoms with Crippen molar-refractivity contribution in [2.75, 3.05) is 7.11 Å². The lowest BCUT2D eigenvalue weighted by molar-refractivity contribution is 0.415. The van der Waals surface area contributed by atoms with Crippen molar-refractivity contribution in [1.82, 2.24) is 14.6 Å². The van der Waals surface area contributed by atoms with Gasteiger partial charge in [0.25, 0.3) is 0 Å². The third-order valence-corrected chi connectivity index (χ3v) is 3.49. The van der Waals surface area contributed by atoms with Crippen LogP contribution in [0, 0.1) is 0 Å². The smallest absolute Gasteiger partial charge is 0.217 e. The second kappa shape index (κ2) is 3.43. The highest BCUT2D eigenvalue weighted by Gasteiger charge is 2.11. The molecule has 0 atom stereocenters. The third-order valence-electron chi connectivity index (χ3n) is 2.49. The van der Waals surface area contributed by atoms with Gasteiger partial charge in [-0.15, -0.1) is 10.2 Å². The number of nitrogens with two attached hydrogens (primary N) is 1. The first-order chi connectivity index (χ1) is 7.83. The summed E-state index contributed by atoms with van der Waals surface area (Å²) >= 11 is 1.58. The van der Waals surface area contributed by atoms with Crippen molar-refractivity contribution in [3.05, 3.63) is 24.0 Å². The third kappa shape index (κ3) is 1.20. The number of ether oxygens (including phenoxy) is 1. The summed E-state index contributed by atoms with van der Waals surface area (Å²) in [6.45, 7) is 0.388. The molecule has 0 bridgehead atoms. The van der Waals surface area contributed by atoms with Crippen molar-refractivity contribution < 1.29 is 4.74 Å². The van der Waals surface area contributed by atoms with Crippen molar-refractivity contribution in [3.8, 4) is 5.75 Å². The van der Waals surface area contributed by atoms with E-state index >= 15 is 0 Å². The average Bonchev–Trinajstić information content (AvgIpc) is 2.85. The van der Waals surface area contributed by atoms with Gasteiger partial charge in [0.05, 0.1) is 23.9 Å². The zero-order chi connectivity index (χ0) is 11.1. The predicted molar refractivity (Wildman–Crippen MR) is 62.8 cm³/mol. The molecular formula is C10H10N4OS. The minimum Gasteiger partial charge on any atom is -0.497 e. The molecule has 2 N–H and O–H groups in total. The summed E-state index contributed by atoms with van der Waals surface area (Å²) in [5.74, 6) is 1.63. The van der Waals surface area contributed by atoms with E-state index in [1.54, 1.807) is 18.4 Å². The zero-order valence-electron chi connectivity index (χ0n) is 8.67. The summed E-state index contributed by atoms with van der Waals surface area (Å²) in [5.41, 5.74) is 6.70. The van der Waals surface area contributed by atoms with E-state index in [4.69, 9.17) is 10.5 Å². The Bertz CT molecular complexity index is 657. The summed E-state index contributed by atoms with van der Waals surface area (Å²) < 4.78 is 8.30. The van der Waals surface area contributed by atoms with E-state index in [1.807, 2.05) is 22.6 Å². The highest BCUT2D eigenvalue weighted by molar-refractivity contribution is 7.23. The molecule has 0 amide bonds. The Morgan fingerprint density at radius 3 is 3.06 bits per heavy atom. The molecule has 2 aromatic heterocycles. The Hall–Kier alpha value is -1.66. The van der Waals surface area contributed by atoms with Gasteiger partial charge in [-0.1, -0.05) is 11.3 Å². The highest BCUT2D eigenvalue weighted by atomic mass is 32.1. The molecule has 6 heteroatoms. The van der Waals surface area contributed by atoms with Crippen LogP contribution >= 0.6 is 11.3 Å². The van der Waals surface area contributed by atoms with E-state index in [1.165, 1.54) is 0 Å². The molecule has 2 heterocycles. The number of fused-ring (bicyclic) bond motifs is 3. The minimum atomic E-state index is 0.388. The molecule has 0 aliphatic carbocycles. The maximum absolute atomic E-state index is 5.62. The molecule has 5 nitrogen and oxygen atoms in total. The number of hydrogen-bond donors (Lipinski definition) is 1. The van der Waals surface area contributed by atoms with Gasteiger partial charge < -0.3 is 10.5 Å². The standard InChI is InChI=1S/C10H10N4OS/c1-15-6-2-3-7-8(4-6)16-10-13-12-9(5-11)14(7)10/h2-4H,5,11H2,1H3. The van der Waals surface area contributed by atoms with Crippen LogP contribution in [0.4, 0.5) is 0 Å². The lowest BCUT2D eigenvalue weighted by atomic mass is 10.3. The summed E-state index contributed by atoms with van der Waals surface area (Å²) in [4.78, 5) is 0.865. The monoisotopic (exact) mass is 234 g/mol. The van der Waals surface area contributed by atoms with Gasteiger partial charge in [0.1, 0.15) is 5.75 Å². The van der Waals surface area contributed by atoms with Gasteiger partial charge in [0.2, 0.25) is 4.96 Å². The molecule has 3 rings (SSSR count). The van der Waals surface area contributed by atoms with E-state index in [-0.39, 0.29) is 0 Å². The molecule has 82 valence electrons. The molecule has 0 spiro atoms. The van der Waals surface area contributed by atoms with Gasteiger partial charge in [-0.25, -0.2) is 0 Å². The van der Waals surface area contributed by atoms with Crippen LogP contribution in [0.15, 0.2) is 18.2 Å². The van der Waals surface area contributed by atoms with Gasteiger partial charge in [0.15, 0.2) is 5.82 Å². The number of nitrogens with zero attached hydrogens (tertiary/aromatic N) is 3. The summed E-state index contributed by atoms with van der Waals surface area (Å²) in [7, 11) is 1.66. The van der Waals surface area contributed by atoms with E-state index in [0.29, 0.717) is 6.54 Å². The van der Waals surface area contributed by atoms with Crippen LogP contribution in [0.25, 0.3) is 15.2 Å². The average molecular weight is 234 g/mol. The van der Waals surface area contributed by atoms with Gasteiger partial charge in [-0.2, -0.15) is 0 Å². The van der Waals surface area contributed by atoms with Gasteiger partial charge in [-0.05, 0) is 18.2 Å². The quantitative estimate of drug-likeness (QED) is 0.728. The van der Waals surface area contributed by atoms with Crippen LogP contribution in [0.3, 0.4) is 0 Å². The number of aromatic nitrogens is 3. The van der Waals surface area contributed by atoms with Crippen LogP contribution in [-0.2, 0) is 6.54 Å². The topological polar surface area (TPSA) is 65.4 Å². The van der Waals surface area contributed by atoms with Crippen LogP contribution in [-0.4, -0.2) is 21.7 Å². The van der Waals surface area contributed by atoms with Crippen LogP contribution in [0.2, 0.25) is 0 Å². The summed E-state index contributed by atoms with van der Waals surface area (Å²) in [5, 5.41) is 8.13. The first-order valence-corrected chi connectivity index (χ1v) is 5.65. The summed E-state index contributed by atoms with van der Waals surface area (Å²) in [6, 6.07) is 5.92. The Morgan fingerprint density at radius 2 is 2.31 bits per heavy atom. The maximum atomic E-state index is 5.62. The molecule has 0 saturated heterocycles. The van der Waals surface area contributed by atoms with Gasteiger partial charge in [0, 0.05) is 0 Å². The lowest BCUT2D eigenvalue weighted by Gasteiger charge is -1.99. The first kappa shape index (κ1) is 9.56. The Labute approximate surface area is 95.5 Å². The van der Waals surface area contributed by atoms with Gasteiger partial charge in [-0.3, -0.25) is 4.40 Å². The molecule has 16 heavy (non-hydrogen) atoms. The van der Waals surface area contributed by atoms with Crippen molar-refractivity contribution in [1.29, 1.82) is 0 Å². The molecule has 0 saturated carbocycles. The predicted octanol–water partition coefficient (Wildman–Crippen LogP) is 1.41. The molecule has 0 radical (unpaired) electrons. The molecule has 0 fully saturated rings. The van der Waals surface area contributed by atoms with Crippen molar-refractivity contribution in [3.63, 3.8) is 0 Å². The van der Waals surface area contributed by atoms with E-state index in [9.17, 15) is 0 Å². The molecule has 0 unspecified atom stereocenters. The SMILES string of the molecule is COc1ccc2c(c1)sc1nnc(CN)n12. The van der Waals surface area contributed by atoms with E-state index < -0.39 is 0 Å². The first-order valence-electron chi connectivity index (χ1n) is 4.84. The second-order valence-corrected chi connectivity index (χ2v) is 4.38. The molecule has 3 aromatic rings. The Kier molecular flexibility index (Phi) is 2.05. The summed E-state index contributed by atoms with van der Waals surface area (Å²) in [6.07, 6.45) is 0. The van der Waals surface area contributed by atoms with Crippen LogP contribution in [0.5, 0.6) is 5.75 Å². The number of rotatable bonds is 2. The van der Waals surface area contributed by atoms with Gasteiger partial charge >= 0.3 is 0 Å². The molecular weight excluding hydrogens is 224 g/mol. The second-order valence-electron chi connectivity index (χ2n) is 3.37. The largest absolute Gasteiger partial charge is 0.497 e. The van der Waals surface area contributed by atoms with Crippen LogP contribution in [0.1, 0.15) is 5.82 Å².